The molecular weight excluding hydrogens is 494 g/mol. The molecule has 7 rings (SSSR count). The molecule has 6 heterocycles. The number of benzene rings is 1. The van der Waals surface area contributed by atoms with Gasteiger partial charge < -0.3 is 4.90 Å². The van der Waals surface area contributed by atoms with Crippen molar-refractivity contribution in [3.8, 4) is 16.9 Å². The van der Waals surface area contributed by atoms with E-state index in [0.717, 1.165) is 53.2 Å². The average Bonchev–Trinajstić information content (AvgIpc) is 3.72. The normalized spacial score (nSPS) is 19.8. The molecule has 3 aliphatic rings. The number of rotatable bonds is 5. The van der Waals surface area contributed by atoms with Crippen LogP contribution in [0.25, 0.3) is 28.0 Å². The molecule has 10 heteroatoms. The number of hydrogen-bond acceptors (Lipinski definition) is 6. The number of amides is 3. The summed E-state index contributed by atoms with van der Waals surface area (Å²) in [6.45, 7) is 3.39. The number of aromatic nitrogens is 4. The van der Waals surface area contributed by atoms with E-state index < -0.39 is 11.9 Å². The third kappa shape index (κ3) is 4.11. The van der Waals surface area contributed by atoms with E-state index in [0.29, 0.717) is 18.5 Å². The second kappa shape index (κ2) is 9.16. The second-order valence-corrected chi connectivity index (χ2v) is 10.7. The smallest absolute Gasteiger partial charge is 0.255 e. The Bertz CT molecular complexity index is 1650. The number of likely N-dealkylation sites (tertiary alicyclic amines) is 1. The predicted octanol–water partition coefficient (Wildman–Crippen LogP) is 2.78. The zero-order chi connectivity index (χ0) is 26.7. The fourth-order valence-corrected chi connectivity index (χ4v) is 6.11. The Labute approximate surface area is 225 Å². The SMILES string of the molecule is Cn1cc(-n2ccc3c(CN4CCCC4)cc(-c4ccc5c(c4)CN(C4CCC(=O)NC4=O)C5=O)nc32)cn1. The molecule has 2 saturated heterocycles. The Balaban J connectivity index is 1.27. The van der Waals surface area contributed by atoms with Crippen molar-refractivity contribution >= 4 is 28.8 Å². The van der Waals surface area contributed by atoms with Crippen LogP contribution in [0.2, 0.25) is 0 Å². The maximum Gasteiger partial charge on any atom is 0.255 e. The molecule has 0 bridgehead atoms. The average molecular weight is 524 g/mol. The Morgan fingerprint density at radius 1 is 1.08 bits per heavy atom. The number of nitrogens with one attached hydrogen (secondary N) is 1. The lowest BCUT2D eigenvalue weighted by molar-refractivity contribution is -0.136. The number of imide groups is 1. The van der Waals surface area contributed by atoms with Gasteiger partial charge in [0, 0.05) is 55.5 Å². The van der Waals surface area contributed by atoms with Gasteiger partial charge in [0.15, 0.2) is 0 Å². The molecule has 0 radical (unpaired) electrons. The highest BCUT2D eigenvalue weighted by Crippen LogP contribution is 2.33. The van der Waals surface area contributed by atoms with Crippen LogP contribution in [0.1, 0.15) is 47.2 Å². The molecule has 0 aliphatic carbocycles. The van der Waals surface area contributed by atoms with Gasteiger partial charge in [-0.25, -0.2) is 4.98 Å². The standard InChI is InChI=1S/C29H29N7O3/c1-33-17-21(14-30-33)35-11-8-22-20(15-34-9-2-3-10-34)13-24(31-27(22)35)18-4-5-23-19(12-18)16-36(29(23)39)25-6-7-26(37)32-28(25)38/h4-5,8,11-14,17,25H,2-3,6-7,9-10,15-16H2,1H3,(H,32,37,38). The maximum atomic E-state index is 13.2. The molecule has 39 heavy (non-hydrogen) atoms. The van der Waals surface area contributed by atoms with Gasteiger partial charge in [-0.05, 0) is 67.7 Å². The first kappa shape index (κ1) is 23.8. The molecular formula is C29H29N7O3. The summed E-state index contributed by atoms with van der Waals surface area (Å²) in [6.07, 6.45) is 8.88. The molecule has 3 amide bonds. The van der Waals surface area contributed by atoms with Gasteiger partial charge in [-0.3, -0.25) is 33.8 Å². The van der Waals surface area contributed by atoms with Crippen LogP contribution in [0, 0.1) is 0 Å². The van der Waals surface area contributed by atoms with Crippen LogP contribution in [-0.2, 0) is 29.7 Å². The van der Waals surface area contributed by atoms with Crippen LogP contribution in [0.4, 0.5) is 0 Å². The minimum absolute atomic E-state index is 0.172. The minimum atomic E-state index is -0.629. The number of carbonyl (C=O) groups excluding carboxylic acids is 3. The highest BCUT2D eigenvalue weighted by Gasteiger charge is 2.39. The van der Waals surface area contributed by atoms with Crippen molar-refractivity contribution in [3.63, 3.8) is 0 Å². The number of nitrogens with zero attached hydrogens (tertiary/aromatic N) is 6. The van der Waals surface area contributed by atoms with Gasteiger partial charge in [0.1, 0.15) is 11.7 Å². The Kier molecular flexibility index (Phi) is 5.59. The van der Waals surface area contributed by atoms with Gasteiger partial charge in [-0.2, -0.15) is 5.10 Å². The summed E-state index contributed by atoms with van der Waals surface area (Å²) >= 11 is 0. The molecule has 0 saturated carbocycles. The van der Waals surface area contributed by atoms with Crippen LogP contribution < -0.4 is 5.32 Å². The molecule has 4 aromatic rings. The predicted molar refractivity (Wildman–Crippen MR) is 144 cm³/mol. The number of pyridine rings is 1. The zero-order valence-corrected chi connectivity index (χ0v) is 21.8. The Hall–Kier alpha value is -4.31. The molecule has 0 spiro atoms. The van der Waals surface area contributed by atoms with Crippen LogP contribution in [-0.4, -0.2) is 66.0 Å². The molecule has 1 unspecified atom stereocenters. The van der Waals surface area contributed by atoms with E-state index in [9.17, 15) is 14.4 Å². The summed E-state index contributed by atoms with van der Waals surface area (Å²) in [7, 11) is 1.90. The van der Waals surface area contributed by atoms with Crippen molar-refractivity contribution in [2.75, 3.05) is 13.1 Å². The van der Waals surface area contributed by atoms with E-state index in [2.05, 4.69) is 32.0 Å². The van der Waals surface area contributed by atoms with Crippen LogP contribution in [0.3, 0.4) is 0 Å². The van der Waals surface area contributed by atoms with E-state index in [1.807, 2.05) is 43.8 Å². The summed E-state index contributed by atoms with van der Waals surface area (Å²) in [6, 6.07) is 9.47. The number of hydrogen-bond donors (Lipinski definition) is 1. The van der Waals surface area contributed by atoms with Crippen LogP contribution in [0.15, 0.2) is 48.9 Å². The number of carbonyl (C=O) groups is 3. The lowest BCUT2D eigenvalue weighted by Gasteiger charge is -2.29. The van der Waals surface area contributed by atoms with E-state index in [1.165, 1.54) is 18.4 Å². The van der Waals surface area contributed by atoms with Gasteiger partial charge in [0.2, 0.25) is 11.8 Å². The Morgan fingerprint density at radius 3 is 2.69 bits per heavy atom. The van der Waals surface area contributed by atoms with E-state index >= 15 is 0 Å². The van der Waals surface area contributed by atoms with Crippen molar-refractivity contribution in [2.24, 2.45) is 7.05 Å². The summed E-state index contributed by atoms with van der Waals surface area (Å²) < 4.78 is 3.85. The first-order valence-electron chi connectivity index (χ1n) is 13.4. The quantitative estimate of drug-likeness (QED) is 0.404. The second-order valence-electron chi connectivity index (χ2n) is 10.7. The lowest BCUT2D eigenvalue weighted by atomic mass is 10.0. The molecule has 2 fully saturated rings. The molecule has 3 aliphatic heterocycles. The molecule has 10 nitrogen and oxygen atoms in total. The molecule has 198 valence electrons. The molecule has 3 aromatic heterocycles. The van der Waals surface area contributed by atoms with Crippen molar-refractivity contribution in [1.29, 1.82) is 0 Å². The van der Waals surface area contributed by atoms with Crippen molar-refractivity contribution in [1.82, 2.24) is 34.4 Å². The fraction of sp³-hybridized carbons (Fsp3) is 0.345. The third-order valence-corrected chi connectivity index (χ3v) is 8.12. The van der Waals surface area contributed by atoms with Gasteiger partial charge in [-0.1, -0.05) is 6.07 Å². The van der Waals surface area contributed by atoms with Crippen LogP contribution >= 0.6 is 0 Å². The van der Waals surface area contributed by atoms with Crippen molar-refractivity contribution in [3.05, 3.63) is 65.6 Å². The minimum Gasteiger partial charge on any atom is -0.322 e. The molecule has 1 atom stereocenters. The largest absolute Gasteiger partial charge is 0.322 e. The first-order valence-corrected chi connectivity index (χ1v) is 13.4. The fourth-order valence-electron chi connectivity index (χ4n) is 6.11. The number of fused-ring (bicyclic) bond motifs is 2. The highest BCUT2D eigenvalue weighted by molar-refractivity contribution is 6.05. The maximum absolute atomic E-state index is 13.2. The first-order chi connectivity index (χ1) is 18.9. The van der Waals surface area contributed by atoms with Crippen LogP contribution in [0.5, 0.6) is 0 Å². The van der Waals surface area contributed by atoms with Gasteiger partial charge in [-0.15, -0.1) is 0 Å². The van der Waals surface area contributed by atoms with E-state index in [-0.39, 0.29) is 18.2 Å². The van der Waals surface area contributed by atoms with Crippen molar-refractivity contribution in [2.45, 2.75) is 44.8 Å². The van der Waals surface area contributed by atoms with E-state index in [4.69, 9.17) is 4.98 Å². The third-order valence-electron chi connectivity index (χ3n) is 8.12. The summed E-state index contributed by atoms with van der Waals surface area (Å²) in [5, 5.41) is 7.83. The monoisotopic (exact) mass is 523 g/mol. The number of aryl methyl sites for hydroxylation is 1. The molecule has 1 aromatic carbocycles. The Morgan fingerprint density at radius 2 is 1.92 bits per heavy atom. The zero-order valence-electron chi connectivity index (χ0n) is 21.8. The van der Waals surface area contributed by atoms with Crippen molar-refractivity contribution < 1.29 is 14.4 Å². The number of piperidine rings is 1. The summed E-state index contributed by atoms with van der Waals surface area (Å²) in [4.78, 5) is 46.4. The van der Waals surface area contributed by atoms with E-state index in [1.54, 1.807) is 9.58 Å². The van der Waals surface area contributed by atoms with Gasteiger partial charge >= 0.3 is 0 Å². The van der Waals surface area contributed by atoms with Gasteiger partial charge in [0.05, 0.1) is 17.6 Å². The van der Waals surface area contributed by atoms with Gasteiger partial charge in [0.25, 0.3) is 5.91 Å². The summed E-state index contributed by atoms with van der Waals surface area (Å²) in [5.74, 6) is -0.859. The summed E-state index contributed by atoms with van der Waals surface area (Å²) in [5.41, 5.74) is 6.28. The molecule has 1 N–H and O–H groups in total. The lowest BCUT2D eigenvalue weighted by Crippen LogP contribution is -2.52. The topological polar surface area (TPSA) is 105 Å². The highest BCUT2D eigenvalue weighted by atomic mass is 16.2.